The summed E-state index contributed by atoms with van der Waals surface area (Å²) in [6, 6.07) is 3.04. The maximum Gasteiger partial charge on any atom is 0.416 e. The molecule has 19 heavy (non-hydrogen) atoms. The second kappa shape index (κ2) is 5.49. The fourth-order valence-corrected chi connectivity index (χ4v) is 2.86. The molecule has 0 amide bonds. The largest absolute Gasteiger partial charge is 0.416 e. The van der Waals surface area contributed by atoms with E-state index in [1.54, 1.807) is 0 Å². The van der Waals surface area contributed by atoms with Crippen LogP contribution in [0.5, 0.6) is 0 Å². The highest BCUT2D eigenvalue weighted by Gasteiger charge is 2.37. The van der Waals surface area contributed by atoms with E-state index in [4.69, 9.17) is 0 Å². The van der Waals surface area contributed by atoms with E-state index >= 15 is 0 Å². The predicted octanol–water partition coefficient (Wildman–Crippen LogP) is 3.95. The number of hydrogen-bond donors (Lipinski definition) is 1. The maximum absolute atomic E-state index is 13.1. The van der Waals surface area contributed by atoms with E-state index in [-0.39, 0.29) is 17.4 Å². The summed E-state index contributed by atoms with van der Waals surface area (Å²) in [5.74, 6) is -0.818. The summed E-state index contributed by atoms with van der Waals surface area (Å²) in [5, 5.41) is 3.20. The van der Waals surface area contributed by atoms with Crippen LogP contribution in [0.3, 0.4) is 0 Å². The highest BCUT2D eigenvalue weighted by atomic mass is 19.4. The molecule has 5 heteroatoms. The molecule has 0 spiro atoms. The molecule has 0 radical (unpaired) electrons. The van der Waals surface area contributed by atoms with Crippen LogP contribution in [0.15, 0.2) is 18.2 Å². The molecule has 0 aromatic heterocycles. The smallest absolute Gasteiger partial charge is 0.316 e. The summed E-state index contributed by atoms with van der Waals surface area (Å²) in [6.07, 6.45) is -3.03. The highest BCUT2D eigenvalue weighted by molar-refractivity contribution is 5.34. The molecule has 1 aromatic carbocycles. The number of hydrogen-bond acceptors (Lipinski definition) is 1. The first-order valence-corrected chi connectivity index (χ1v) is 6.50. The molecule has 2 rings (SSSR count). The van der Waals surface area contributed by atoms with Gasteiger partial charge in [-0.2, -0.15) is 13.2 Å². The van der Waals surface area contributed by atoms with Crippen LogP contribution >= 0.6 is 0 Å². The fraction of sp³-hybridized carbons (Fsp3) is 0.571. The van der Waals surface area contributed by atoms with Gasteiger partial charge in [0, 0.05) is 0 Å². The minimum absolute atomic E-state index is 0.150. The van der Waals surface area contributed by atoms with Crippen molar-refractivity contribution in [2.45, 2.75) is 31.9 Å². The van der Waals surface area contributed by atoms with E-state index in [0.717, 1.165) is 19.0 Å². The second-order valence-corrected chi connectivity index (χ2v) is 5.00. The predicted molar refractivity (Wildman–Crippen MR) is 65.4 cm³/mol. The molecule has 0 aliphatic carbocycles. The SMILES string of the molecule is CCC1CNCCC1c1ccc(F)cc1C(F)(F)F. The Kier molecular flexibility index (Phi) is 4.13. The Morgan fingerprint density at radius 2 is 2.05 bits per heavy atom. The Balaban J connectivity index is 2.43. The van der Waals surface area contributed by atoms with E-state index in [2.05, 4.69) is 5.32 Å². The number of rotatable bonds is 2. The zero-order valence-electron chi connectivity index (χ0n) is 10.7. The van der Waals surface area contributed by atoms with Gasteiger partial charge in [0.15, 0.2) is 0 Å². The van der Waals surface area contributed by atoms with Crippen molar-refractivity contribution in [2.24, 2.45) is 5.92 Å². The average Bonchev–Trinajstić information content (AvgIpc) is 2.37. The standard InChI is InChI=1S/C14H17F4N/c1-2-9-8-19-6-5-11(9)12-4-3-10(15)7-13(12)14(16,17)18/h3-4,7,9,11,19H,2,5-6,8H2,1H3. The van der Waals surface area contributed by atoms with Crippen molar-refractivity contribution in [1.82, 2.24) is 5.32 Å². The van der Waals surface area contributed by atoms with E-state index in [1.807, 2.05) is 6.92 Å². The Bertz CT molecular complexity index is 442. The lowest BCUT2D eigenvalue weighted by Crippen LogP contribution is -2.35. The lowest BCUT2D eigenvalue weighted by atomic mass is 9.78. The minimum Gasteiger partial charge on any atom is -0.316 e. The maximum atomic E-state index is 13.1. The van der Waals surface area contributed by atoms with Gasteiger partial charge < -0.3 is 5.32 Å². The van der Waals surface area contributed by atoms with Crippen molar-refractivity contribution in [3.63, 3.8) is 0 Å². The van der Waals surface area contributed by atoms with E-state index < -0.39 is 17.6 Å². The van der Waals surface area contributed by atoms with Crippen LogP contribution in [0.4, 0.5) is 17.6 Å². The number of alkyl halides is 3. The van der Waals surface area contributed by atoms with Gasteiger partial charge in [0.25, 0.3) is 0 Å². The van der Waals surface area contributed by atoms with Crippen LogP contribution in [-0.4, -0.2) is 13.1 Å². The Hall–Kier alpha value is -1.10. The average molecular weight is 275 g/mol. The third kappa shape index (κ3) is 3.08. The zero-order valence-corrected chi connectivity index (χ0v) is 10.7. The molecule has 1 fully saturated rings. The lowest BCUT2D eigenvalue weighted by molar-refractivity contribution is -0.138. The van der Waals surface area contributed by atoms with Gasteiger partial charge in [-0.25, -0.2) is 4.39 Å². The molecule has 2 unspecified atom stereocenters. The van der Waals surface area contributed by atoms with Gasteiger partial charge in [0.2, 0.25) is 0 Å². The lowest BCUT2D eigenvalue weighted by Gasteiger charge is -2.33. The van der Waals surface area contributed by atoms with E-state index in [9.17, 15) is 17.6 Å². The van der Waals surface area contributed by atoms with Crippen molar-refractivity contribution in [3.8, 4) is 0 Å². The van der Waals surface area contributed by atoms with Gasteiger partial charge in [-0.15, -0.1) is 0 Å². The summed E-state index contributed by atoms with van der Waals surface area (Å²) in [4.78, 5) is 0. The number of halogens is 4. The van der Waals surface area contributed by atoms with Crippen LogP contribution in [0.25, 0.3) is 0 Å². The molecule has 1 N–H and O–H groups in total. The summed E-state index contributed by atoms with van der Waals surface area (Å²) in [7, 11) is 0. The first kappa shape index (κ1) is 14.3. The monoisotopic (exact) mass is 275 g/mol. The molecular formula is C14H17F4N. The van der Waals surface area contributed by atoms with Crippen LogP contribution in [0.1, 0.15) is 36.8 Å². The van der Waals surface area contributed by atoms with Crippen molar-refractivity contribution >= 4 is 0 Å². The quantitative estimate of drug-likeness (QED) is 0.806. The van der Waals surface area contributed by atoms with Gasteiger partial charge in [-0.05, 0) is 49.0 Å². The second-order valence-electron chi connectivity index (χ2n) is 5.00. The van der Waals surface area contributed by atoms with Crippen molar-refractivity contribution < 1.29 is 17.6 Å². The zero-order chi connectivity index (χ0) is 14.0. The van der Waals surface area contributed by atoms with Crippen molar-refractivity contribution in [1.29, 1.82) is 0 Å². The minimum atomic E-state index is -4.50. The van der Waals surface area contributed by atoms with E-state index in [0.29, 0.717) is 19.0 Å². The third-order valence-electron chi connectivity index (χ3n) is 3.85. The fourth-order valence-electron chi connectivity index (χ4n) is 2.86. The molecule has 0 saturated carbocycles. The number of benzene rings is 1. The Morgan fingerprint density at radius 3 is 2.68 bits per heavy atom. The first-order valence-electron chi connectivity index (χ1n) is 6.50. The molecule has 1 saturated heterocycles. The van der Waals surface area contributed by atoms with Crippen LogP contribution in [0.2, 0.25) is 0 Å². The molecule has 106 valence electrons. The first-order chi connectivity index (χ1) is 8.93. The van der Waals surface area contributed by atoms with Gasteiger partial charge >= 0.3 is 6.18 Å². The Morgan fingerprint density at radius 1 is 1.32 bits per heavy atom. The molecule has 1 aromatic rings. The van der Waals surface area contributed by atoms with E-state index in [1.165, 1.54) is 6.07 Å². The van der Waals surface area contributed by atoms with Crippen molar-refractivity contribution in [3.05, 3.63) is 35.1 Å². The number of piperidine rings is 1. The summed E-state index contributed by atoms with van der Waals surface area (Å²) >= 11 is 0. The molecule has 1 nitrogen and oxygen atoms in total. The van der Waals surface area contributed by atoms with Gasteiger partial charge in [-0.1, -0.05) is 19.4 Å². The summed E-state index contributed by atoms with van der Waals surface area (Å²) in [6.45, 7) is 3.40. The molecule has 1 heterocycles. The molecule has 0 bridgehead atoms. The summed E-state index contributed by atoms with van der Waals surface area (Å²) < 4.78 is 52.2. The number of nitrogens with one attached hydrogen (secondary N) is 1. The van der Waals surface area contributed by atoms with Gasteiger partial charge in [0.1, 0.15) is 5.82 Å². The molecule has 1 aliphatic heterocycles. The van der Waals surface area contributed by atoms with Crippen LogP contribution < -0.4 is 5.32 Å². The molecule has 2 atom stereocenters. The van der Waals surface area contributed by atoms with Gasteiger partial charge in [-0.3, -0.25) is 0 Å². The third-order valence-corrected chi connectivity index (χ3v) is 3.85. The topological polar surface area (TPSA) is 12.0 Å². The molecular weight excluding hydrogens is 258 g/mol. The van der Waals surface area contributed by atoms with Crippen LogP contribution in [0, 0.1) is 11.7 Å². The Labute approximate surface area is 110 Å². The molecule has 1 aliphatic rings. The van der Waals surface area contributed by atoms with Crippen molar-refractivity contribution in [2.75, 3.05) is 13.1 Å². The highest BCUT2D eigenvalue weighted by Crippen LogP contribution is 2.40. The summed E-state index contributed by atoms with van der Waals surface area (Å²) in [5.41, 5.74) is -0.583. The normalized spacial score (nSPS) is 24.5. The van der Waals surface area contributed by atoms with Gasteiger partial charge in [0.05, 0.1) is 5.56 Å². The van der Waals surface area contributed by atoms with Crippen LogP contribution in [-0.2, 0) is 6.18 Å².